The van der Waals surface area contributed by atoms with Gasteiger partial charge in [0.25, 0.3) is 0 Å². The Hall–Kier alpha value is -0.990. The van der Waals surface area contributed by atoms with Crippen LogP contribution in [0.25, 0.3) is 0 Å². The second kappa shape index (κ2) is 5.56. The van der Waals surface area contributed by atoms with E-state index in [1.54, 1.807) is 7.11 Å². The van der Waals surface area contributed by atoms with Crippen LogP contribution in [0.1, 0.15) is 11.1 Å². The molecule has 0 unspecified atom stereocenters. The van der Waals surface area contributed by atoms with Crippen molar-refractivity contribution >= 4 is 27.5 Å². The zero-order valence-electron chi connectivity index (χ0n) is 9.41. The van der Waals surface area contributed by atoms with Crippen LogP contribution in [0.4, 0.5) is 0 Å². The Bertz CT molecular complexity index is 508. The molecule has 0 spiro atoms. The first kappa shape index (κ1) is 12.5. The van der Waals surface area contributed by atoms with Crippen molar-refractivity contribution < 1.29 is 4.74 Å². The van der Waals surface area contributed by atoms with Gasteiger partial charge in [0.05, 0.1) is 7.11 Å². The highest BCUT2D eigenvalue weighted by Crippen LogP contribution is 2.25. The van der Waals surface area contributed by atoms with Crippen molar-refractivity contribution in [2.75, 3.05) is 7.11 Å². The number of ether oxygens (including phenoxy) is 1. The maximum absolute atomic E-state index is 5.87. The maximum atomic E-state index is 5.87. The largest absolute Gasteiger partial charge is 0.496 e. The van der Waals surface area contributed by atoms with Crippen LogP contribution in [0.2, 0.25) is 5.02 Å². The molecular formula is C14H12BrClO. The third-order valence-electron chi connectivity index (χ3n) is 2.55. The van der Waals surface area contributed by atoms with Crippen molar-refractivity contribution in [1.82, 2.24) is 0 Å². The lowest BCUT2D eigenvalue weighted by atomic mass is 10.0. The summed E-state index contributed by atoms with van der Waals surface area (Å²) in [7, 11) is 1.69. The first-order chi connectivity index (χ1) is 8.19. The number of benzene rings is 2. The Balaban J connectivity index is 2.28. The van der Waals surface area contributed by atoms with Crippen molar-refractivity contribution in [3.63, 3.8) is 0 Å². The molecule has 0 aromatic heterocycles. The third kappa shape index (κ3) is 3.24. The van der Waals surface area contributed by atoms with Gasteiger partial charge in [-0.15, -0.1) is 0 Å². The molecule has 1 nitrogen and oxygen atoms in total. The Kier molecular flexibility index (Phi) is 4.08. The second-order valence-corrected chi connectivity index (χ2v) is 5.11. The zero-order chi connectivity index (χ0) is 12.3. The summed E-state index contributed by atoms with van der Waals surface area (Å²) < 4.78 is 6.41. The van der Waals surface area contributed by atoms with E-state index in [4.69, 9.17) is 16.3 Å². The van der Waals surface area contributed by atoms with E-state index in [1.165, 1.54) is 5.56 Å². The number of hydrogen-bond donors (Lipinski definition) is 0. The molecule has 88 valence electrons. The molecular weight excluding hydrogens is 300 g/mol. The molecule has 0 fully saturated rings. The quantitative estimate of drug-likeness (QED) is 0.798. The van der Waals surface area contributed by atoms with Crippen LogP contribution >= 0.6 is 27.5 Å². The summed E-state index contributed by atoms with van der Waals surface area (Å²) in [6.07, 6.45) is 0.833. The number of methoxy groups -OCH3 is 1. The average molecular weight is 312 g/mol. The van der Waals surface area contributed by atoms with Gasteiger partial charge in [0, 0.05) is 15.9 Å². The summed E-state index contributed by atoms with van der Waals surface area (Å²) in [4.78, 5) is 0. The van der Waals surface area contributed by atoms with Gasteiger partial charge in [-0.2, -0.15) is 0 Å². The van der Waals surface area contributed by atoms with Gasteiger partial charge in [0.1, 0.15) is 5.75 Å². The van der Waals surface area contributed by atoms with Gasteiger partial charge in [-0.3, -0.25) is 0 Å². The lowest BCUT2D eigenvalue weighted by molar-refractivity contribution is 0.410. The van der Waals surface area contributed by atoms with Crippen molar-refractivity contribution in [2.24, 2.45) is 0 Å². The zero-order valence-corrected chi connectivity index (χ0v) is 11.8. The molecule has 2 aromatic carbocycles. The summed E-state index contributed by atoms with van der Waals surface area (Å²) >= 11 is 9.34. The van der Waals surface area contributed by atoms with Crippen LogP contribution in [0.3, 0.4) is 0 Å². The molecule has 0 aliphatic carbocycles. The van der Waals surface area contributed by atoms with Crippen molar-refractivity contribution in [1.29, 1.82) is 0 Å². The number of rotatable bonds is 3. The first-order valence-electron chi connectivity index (χ1n) is 5.26. The highest BCUT2D eigenvalue weighted by molar-refractivity contribution is 9.10. The Morgan fingerprint density at radius 2 is 1.82 bits per heavy atom. The monoisotopic (exact) mass is 310 g/mol. The van der Waals surface area contributed by atoms with E-state index in [9.17, 15) is 0 Å². The van der Waals surface area contributed by atoms with Crippen LogP contribution in [0, 0.1) is 0 Å². The summed E-state index contributed by atoms with van der Waals surface area (Å²) in [5, 5.41) is 0.759. The predicted molar refractivity (Wildman–Crippen MR) is 75.0 cm³/mol. The molecule has 2 rings (SSSR count). The third-order valence-corrected chi connectivity index (χ3v) is 3.30. The molecule has 3 heteroatoms. The van der Waals surface area contributed by atoms with Crippen LogP contribution in [0.15, 0.2) is 46.9 Å². The number of hydrogen-bond acceptors (Lipinski definition) is 1. The van der Waals surface area contributed by atoms with Crippen LogP contribution in [0.5, 0.6) is 5.75 Å². The summed E-state index contributed by atoms with van der Waals surface area (Å²) in [6.45, 7) is 0. The minimum Gasteiger partial charge on any atom is -0.496 e. The van der Waals surface area contributed by atoms with Gasteiger partial charge in [0.15, 0.2) is 0 Å². The topological polar surface area (TPSA) is 9.23 Å². The molecule has 0 radical (unpaired) electrons. The van der Waals surface area contributed by atoms with Crippen molar-refractivity contribution in [3.05, 3.63) is 63.1 Å². The molecule has 0 bridgehead atoms. The fraction of sp³-hybridized carbons (Fsp3) is 0.143. The molecule has 0 heterocycles. The summed E-state index contributed by atoms with van der Waals surface area (Å²) in [6, 6.07) is 13.9. The Morgan fingerprint density at radius 3 is 2.47 bits per heavy atom. The van der Waals surface area contributed by atoms with E-state index in [2.05, 4.69) is 22.0 Å². The van der Waals surface area contributed by atoms with Gasteiger partial charge in [0.2, 0.25) is 0 Å². The Morgan fingerprint density at radius 1 is 1.12 bits per heavy atom. The molecule has 2 aromatic rings. The van der Waals surface area contributed by atoms with Gasteiger partial charge >= 0.3 is 0 Å². The minimum atomic E-state index is 0.759. The normalized spacial score (nSPS) is 10.3. The lowest BCUT2D eigenvalue weighted by Crippen LogP contribution is -1.93. The Labute approximate surface area is 115 Å². The van der Waals surface area contributed by atoms with Crippen LogP contribution in [-0.2, 0) is 6.42 Å². The predicted octanol–water partition coefficient (Wildman–Crippen LogP) is 4.70. The van der Waals surface area contributed by atoms with Crippen LogP contribution < -0.4 is 4.74 Å². The molecule has 0 saturated heterocycles. The average Bonchev–Trinajstić information content (AvgIpc) is 2.32. The summed E-state index contributed by atoms with van der Waals surface area (Å²) in [5.41, 5.74) is 2.37. The van der Waals surface area contributed by atoms with Crippen LogP contribution in [-0.4, -0.2) is 7.11 Å². The molecule has 17 heavy (non-hydrogen) atoms. The van der Waals surface area contributed by atoms with Crippen molar-refractivity contribution in [2.45, 2.75) is 6.42 Å². The summed E-state index contributed by atoms with van der Waals surface area (Å²) in [5.74, 6) is 0.906. The molecule has 0 atom stereocenters. The number of halogens is 2. The van der Waals surface area contributed by atoms with E-state index in [-0.39, 0.29) is 0 Å². The molecule has 0 saturated carbocycles. The SMILES string of the molecule is COc1ccc(Br)cc1Cc1ccc(Cl)cc1. The lowest BCUT2D eigenvalue weighted by Gasteiger charge is -2.09. The van der Waals surface area contributed by atoms with Gasteiger partial charge in [-0.1, -0.05) is 39.7 Å². The maximum Gasteiger partial charge on any atom is 0.122 e. The smallest absolute Gasteiger partial charge is 0.122 e. The first-order valence-corrected chi connectivity index (χ1v) is 6.43. The highest BCUT2D eigenvalue weighted by Gasteiger charge is 2.04. The highest BCUT2D eigenvalue weighted by atomic mass is 79.9. The molecule has 0 amide bonds. The second-order valence-electron chi connectivity index (χ2n) is 3.76. The minimum absolute atomic E-state index is 0.759. The van der Waals surface area contributed by atoms with Gasteiger partial charge < -0.3 is 4.74 Å². The van der Waals surface area contributed by atoms with Gasteiger partial charge in [-0.05, 0) is 41.5 Å². The van der Waals surface area contributed by atoms with Gasteiger partial charge in [-0.25, -0.2) is 0 Å². The fourth-order valence-electron chi connectivity index (χ4n) is 1.71. The van der Waals surface area contributed by atoms with E-state index in [1.807, 2.05) is 36.4 Å². The molecule has 0 N–H and O–H groups in total. The molecule has 0 aliphatic rings. The molecule has 0 aliphatic heterocycles. The standard InChI is InChI=1S/C14H12BrClO/c1-17-14-7-4-12(15)9-11(14)8-10-2-5-13(16)6-3-10/h2-7,9H,8H2,1H3. The fourth-order valence-corrected chi connectivity index (χ4v) is 2.24. The van der Waals surface area contributed by atoms with E-state index in [0.29, 0.717) is 0 Å². The van der Waals surface area contributed by atoms with E-state index < -0.39 is 0 Å². The van der Waals surface area contributed by atoms with E-state index in [0.717, 1.165) is 27.2 Å². The van der Waals surface area contributed by atoms with Crippen molar-refractivity contribution in [3.8, 4) is 5.75 Å². The van der Waals surface area contributed by atoms with E-state index >= 15 is 0 Å².